The Labute approximate surface area is 134 Å². The van der Waals surface area contributed by atoms with Gasteiger partial charge < -0.3 is 29.9 Å². The fourth-order valence-corrected chi connectivity index (χ4v) is 1.91. The topological polar surface area (TPSA) is 140 Å². The minimum atomic E-state index is -2.59. The Morgan fingerprint density at radius 1 is 1.33 bits per heavy atom. The molecule has 0 aromatic rings. The Hall–Kier alpha value is -0.190. The lowest BCUT2D eigenvalue weighted by Crippen LogP contribution is -2.69. The van der Waals surface area contributed by atoms with E-state index >= 15 is 0 Å². The number of carbonyl (C=O) groups is 1. The molecule has 5 atom stereocenters. The zero-order chi connectivity index (χ0) is 16.6. The highest BCUT2D eigenvalue weighted by Crippen LogP contribution is 2.36. The van der Waals surface area contributed by atoms with Gasteiger partial charge >= 0.3 is 5.79 Å². The molecule has 1 aliphatic heterocycles. The maximum Gasteiger partial charge on any atom is 0.301 e. The second-order valence-corrected chi connectivity index (χ2v) is 6.70. The van der Waals surface area contributed by atoms with Crippen molar-refractivity contribution in [1.29, 1.82) is 5.41 Å². The number of hydrogen-bond acceptors (Lipinski definition) is 8. The predicted molar refractivity (Wildman–Crippen MR) is 72.5 cm³/mol. The summed E-state index contributed by atoms with van der Waals surface area (Å²) in [5, 5.41) is 45.9. The Balaban J connectivity index is 3.19. The van der Waals surface area contributed by atoms with Gasteiger partial charge in [-0.05, 0) is 0 Å². The molecule has 1 heterocycles. The summed E-state index contributed by atoms with van der Waals surface area (Å²) < 4.78 is 7.55. The van der Waals surface area contributed by atoms with Gasteiger partial charge in [0.1, 0.15) is 18.3 Å². The van der Waals surface area contributed by atoms with Crippen LogP contribution in [0.25, 0.3) is 0 Å². The summed E-state index contributed by atoms with van der Waals surface area (Å²) in [6.45, 7) is 0.151. The van der Waals surface area contributed by atoms with E-state index in [1.807, 2.05) is 0 Å². The Morgan fingerprint density at radius 3 is 2.24 bits per heavy atom. The number of ketones is 1. The van der Waals surface area contributed by atoms with Crippen molar-refractivity contribution < 1.29 is 34.7 Å². The SMILES string of the molecule is CC(=O)C1(OC(=N)C(Cl)(Cl)Cl)O[C@H](CO)[C@@H](O)[C@H](O)[C@H]1O. The first-order valence-corrected chi connectivity index (χ1v) is 6.79. The third-order valence-corrected chi connectivity index (χ3v) is 3.47. The second kappa shape index (κ2) is 6.51. The summed E-state index contributed by atoms with van der Waals surface area (Å²) in [6.07, 6.45) is -7.08. The molecule has 0 spiro atoms. The van der Waals surface area contributed by atoms with Gasteiger partial charge in [0.15, 0.2) is 6.10 Å². The molecule has 0 saturated carbocycles. The van der Waals surface area contributed by atoms with E-state index in [1.165, 1.54) is 0 Å². The van der Waals surface area contributed by atoms with E-state index in [0.717, 1.165) is 6.92 Å². The lowest BCUT2D eigenvalue weighted by molar-refractivity contribution is -0.324. The van der Waals surface area contributed by atoms with E-state index in [1.54, 1.807) is 0 Å². The number of carbonyl (C=O) groups excluding carboxylic acids is 1. The number of rotatable bonds is 3. The van der Waals surface area contributed by atoms with Crippen molar-refractivity contribution in [3.63, 3.8) is 0 Å². The van der Waals surface area contributed by atoms with Gasteiger partial charge in [0.05, 0.1) is 6.61 Å². The fourth-order valence-electron chi connectivity index (χ4n) is 1.80. The van der Waals surface area contributed by atoms with Crippen molar-refractivity contribution in [2.45, 2.75) is 40.9 Å². The second-order valence-electron chi connectivity index (χ2n) is 4.42. The summed E-state index contributed by atoms with van der Waals surface area (Å²) in [5.41, 5.74) is 0. The van der Waals surface area contributed by atoms with E-state index in [-0.39, 0.29) is 0 Å². The largest absolute Gasteiger partial charge is 0.435 e. The van der Waals surface area contributed by atoms with Crippen molar-refractivity contribution in [3.8, 4) is 0 Å². The molecule has 0 bridgehead atoms. The third kappa shape index (κ3) is 3.59. The number of nitrogens with one attached hydrogen (secondary N) is 1. The number of aliphatic hydroxyl groups excluding tert-OH is 4. The van der Waals surface area contributed by atoms with E-state index in [4.69, 9.17) is 54.8 Å². The van der Waals surface area contributed by atoms with Crippen molar-refractivity contribution in [3.05, 3.63) is 0 Å². The van der Waals surface area contributed by atoms with Gasteiger partial charge in [-0.1, -0.05) is 34.8 Å². The van der Waals surface area contributed by atoms with Gasteiger partial charge in [-0.3, -0.25) is 10.2 Å². The molecule has 1 unspecified atom stereocenters. The monoisotopic (exact) mass is 365 g/mol. The Bertz CT molecular complexity index is 427. The van der Waals surface area contributed by atoms with Gasteiger partial charge in [0.25, 0.3) is 3.79 Å². The average Bonchev–Trinajstić information content (AvgIpc) is 2.38. The summed E-state index contributed by atoms with van der Waals surface area (Å²) >= 11 is 16.3. The average molecular weight is 367 g/mol. The van der Waals surface area contributed by atoms with Gasteiger partial charge in [0, 0.05) is 6.92 Å². The molecular formula is C10H14Cl3NO7. The van der Waals surface area contributed by atoms with Crippen molar-refractivity contribution >= 4 is 46.5 Å². The molecule has 0 amide bonds. The van der Waals surface area contributed by atoms with Crippen LogP contribution in [0.15, 0.2) is 0 Å². The van der Waals surface area contributed by atoms with Crippen molar-refractivity contribution in [2.24, 2.45) is 0 Å². The highest BCUT2D eigenvalue weighted by atomic mass is 35.6. The quantitative estimate of drug-likeness (QED) is 0.248. The lowest BCUT2D eigenvalue weighted by atomic mass is 9.90. The van der Waals surface area contributed by atoms with E-state index < -0.39 is 52.3 Å². The molecule has 1 aliphatic rings. The molecule has 8 nitrogen and oxygen atoms in total. The first-order chi connectivity index (χ1) is 9.47. The van der Waals surface area contributed by atoms with Crippen LogP contribution in [0, 0.1) is 5.41 Å². The number of hydrogen-bond donors (Lipinski definition) is 5. The Morgan fingerprint density at radius 2 is 1.86 bits per heavy atom. The van der Waals surface area contributed by atoms with Crippen LogP contribution in [0.4, 0.5) is 0 Å². The minimum absolute atomic E-state index is 0.787. The zero-order valence-corrected chi connectivity index (χ0v) is 12.9. The summed E-state index contributed by atoms with van der Waals surface area (Å²) in [4.78, 5) is 11.8. The normalized spacial score (nSPS) is 37.1. The van der Waals surface area contributed by atoms with Crippen LogP contribution in [-0.4, -0.2) is 72.7 Å². The number of ether oxygens (including phenoxy) is 2. The zero-order valence-electron chi connectivity index (χ0n) is 10.7. The standard InChI is InChI=1S/C10H14Cl3NO7/c1-3(16)9(21-8(14)10(11,12)13)7(19)6(18)5(17)4(2-15)20-9/h4-7,14-15,17-19H,2H2,1H3/t4-,5-,6+,7-,9?/m1/s1. The molecule has 5 N–H and O–H groups in total. The number of aliphatic hydroxyl groups is 4. The molecule has 1 saturated heterocycles. The van der Waals surface area contributed by atoms with Crippen LogP contribution in [0.1, 0.15) is 6.92 Å². The maximum absolute atomic E-state index is 11.8. The predicted octanol–water partition coefficient (Wildman–Crippen LogP) is -0.890. The molecule has 0 radical (unpaired) electrons. The highest BCUT2D eigenvalue weighted by Gasteiger charge is 2.60. The van der Waals surface area contributed by atoms with Crippen molar-refractivity contribution in [2.75, 3.05) is 6.61 Å². The molecule has 21 heavy (non-hydrogen) atoms. The van der Waals surface area contributed by atoms with Gasteiger partial charge in [0.2, 0.25) is 11.7 Å². The molecule has 122 valence electrons. The first-order valence-electron chi connectivity index (χ1n) is 5.66. The van der Waals surface area contributed by atoms with E-state index in [9.17, 15) is 20.1 Å². The molecule has 1 rings (SSSR count). The summed E-state index contributed by atoms with van der Waals surface area (Å²) in [7, 11) is 0. The summed E-state index contributed by atoms with van der Waals surface area (Å²) in [5.74, 6) is -4.59. The number of Topliss-reactive ketones (excluding diaryl/α,β-unsaturated/α-hetero) is 1. The molecule has 1 fully saturated rings. The molecule has 0 aromatic heterocycles. The summed E-state index contributed by atoms with van der Waals surface area (Å²) in [6, 6.07) is 0. The van der Waals surface area contributed by atoms with Crippen LogP contribution >= 0.6 is 34.8 Å². The first kappa shape index (κ1) is 18.9. The van der Waals surface area contributed by atoms with Crippen LogP contribution in [0.3, 0.4) is 0 Å². The van der Waals surface area contributed by atoms with E-state index in [2.05, 4.69) is 0 Å². The molecule has 0 aromatic carbocycles. The fraction of sp³-hybridized carbons (Fsp3) is 0.800. The highest BCUT2D eigenvalue weighted by molar-refractivity contribution is 6.76. The molecular weight excluding hydrogens is 352 g/mol. The number of halogens is 3. The van der Waals surface area contributed by atoms with Gasteiger partial charge in [-0.25, -0.2) is 0 Å². The molecule has 11 heteroatoms. The van der Waals surface area contributed by atoms with Crippen LogP contribution in [0.5, 0.6) is 0 Å². The van der Waals surface area contributed by atoms with Crippen LogP contribution < -0.4 is 0 Å². The smallest absolute Gasteiger partial charge is 0.301 e. The maximum atomic E-state index is 11.8. The van der Waals surface area contributed by atoms with Crippen molar-refractivity contribution in [1.82, 2.24) is 0 Å². The lowest BCUT2D eigenvalue weighted by Gasteiger charge is -2.46. The number of alkyl halides is 3. The minimum Gasteiger partial charge on any atom is -0.435 e. The van der Waals surface area contributed by atoms with Crippen LogP contribution in [0.2, 0.25) is 0 Å². The molecule has 0 aliphatic carbocycles. The van der Waals surface area contributed by atoms with Gasteiger partial charge in [-0.15, -0.1) is 0 Å². The van der Waals surface area contributed by atoms with Crippen LogP contribution in [-0.2, 0) is 14.3 Å². The van der Waals surface area contributed by atoms with E-state index in [0.29, 0.717) is 0 Å². The van der Waals surface area contributed by atoms with Gasteiger partial charge in [-0.2, -0.15) is 0 Å². The Kier molecular flexibility index (Phi) is 5.85. The third-order valence-electron chi connectivity index (χ3n) is 2.95.